The van der Waals surface area contributed by atoms with Crippen molar-refractivity contribution in [3.8, 4) is 11.1 Å². The van der Waals surface area contributed by atoms with Crippen LogP contribution in [0, 0.1) is 5.92 Å². The van der Waals surface area contributed by atoms with Gasteiger partial charge in [-0.1, -0.05) is 18.2 Å². The number of benzene rings is 1. The Hall–Kier alpha value is -3.12. The number of aromatic amines is 1. The van der Waals surface area contributed by atoms with Gasteiger partial charge in [-0.2, -0.15) is 0 Å². The molecule has 0 bridgehead atoms. The lowest BCUT2D eigenvalue weighted by atomic mass is 10.1. The number of carbonyl (C=O) groups is 2. The van der Waals surface area contributed by atoms with Crippen LogP contribution >= 0.6 is 0 Å². The molecule has 2 heterocycles. The van der Waals surface area contributed by atoms with Gasteiger partial charge in [-0.3, -0.25) is 14.5 Å². The van der Waals surface area contributed by atoms with Crippen molar-refractivity contribution in [3.05, 3.63) is 60.4 Å². The molecule has 2 aliphatic heterocycles. The van der Waals surface area contributed by atoms with E-state index in [9.17, 15) is 9.59 Å². The average Bonchev–Trinajstić information content (AvgIpc) is 3.57. The molecule has 1 aromatic carbocycles. The van der Waals surface area contributed by atoms with Crippen molar-refractivity contribution in [1.29, 1.82) is 0 Å². The van der Waals surface area contributed by atoms with Crippen LogP contribution in [0.1, 0.15) is 23.2 Å². The second-order valence-corrected chi connectivity index (χ2v) is 8.23. The topological polar surface area (TPSA) is 68.4 Å². The molecule has 2 aliphatic carbocycles. The number of ketones is 1. The highest BCUT2D eigenvalue weighted by Gasteiger charge is 2.34. The molecule has 0 aromatic heterocycles. The van der Waals surface area contributed by atoms with E-state index in [2.05, 4.69) is 44.4 Å². The summed E-state index contributed by atoms with van der Waals surface area (Å²) in [6.45, 7) is 3.81. The van der Waals surface area contributed by atoms with Crippen LogP contribution < -0.4 is 10.2 Å². The number of H-pyrrole nitrogens is 1. The third-order valence-corrected chi connectivity index (χ3v) is 6.08. The Morgan fingerprint density at radius 2 is 1.80 bits per heavy atom. The van der Waals surface area contributed by atoms with Crippen LogP contribution in [0.25, 0.3) is 11.1 Å². The van der Waals surface area contributed by atoms with E-state index in [0.29, 0.717) is 17.8 Å². The third-order valence-electron chi connectivity index (χ3n) is 6.08. The zero-order valence-electron chi connectivity index (χ0n) is 16.9. The molecule has 1 aromatic rings. The van der Waals surface area contributed by atoms with Crippen molar-refractivity contribution < 1.29 is 9.59 Å². The summed E-state index contributed by atoms with van der Waals surface area (Å²) in [6.07, 6.45) is 5.59. The van der Waals surface area contributed by atoms with Crippen molar-refractivity contribution in [3.63, 3.8) is 0 Å². The fraction of sp³-hybridized carbons (Fsp3) is 0.333. The lowest BCUT2D eigenvalue weighted by Gasteiger charge is -2.35. The van der Waals surface area contributed by atoms with Gasteiger partial charge in [0.05, 0.1) is 12.2 Å². The Morgan fingerprint density at radius 1 is 1.03 bits per heavy atom. The molecular weight excluding hydrogens is 376 g/mol. The van der Waals surface area contributed by atoms with Gasteiger partial charge in [-0.15, -0.1) is 0 Å². The molecule has 0 unspecified atom stereocenters. The lowest BCUT2D eigenvalue weighted by molar-refractivity contribution is -0.117. The molecular formula is C24H26N4O2. The van der Waals surface area contributed by atoms with Crippen molar-refractivity contribution in [1.82, 2.24) is 9.88 Å². The van der Waals surface area contributed by atoms with Crippen molar-refractivity contribution in [2.24, 2.45) is 5.92 Å². The number of hydrogen-bond acceptors (Lipinski definition) is 4. The van der Waals surface area contributed by atoms with Crippen molar-refractivity contribution in [2.45, 2.75) is 12.8 Å². The first-order valence-corrected chi connectivity index (χ1v) is 10.6. The number of Topliss-reactive ketones (excluding diaryl/α,β-unsaturated/α-hetero) is 1. The maximum atomic E-state index is 12.8. The minimum absolute atomic E-state index is 0.0654. The van der Waals surface area contributed by atoms with Crippen LogP contribution in [0.3, 0.4) is 0 Å². The minimum Gasteiger partial charge on any atom is -0.369 e. The Labute approximate surface area is 176 Å². The number of para-hydroxylation sites is 1. The van der Waals surface area contributed by atoms with Gasteiger partial charge in [0.2, 0.25) is 5.91 Å². The maximum absolute atomic E-state index is 12.8. The number of anilines is 2. The molecule has 1 saturated heterocycles. The quantitative estimate of drug-likeness (QED) is 0.620. The molecule has 30 heavy (non-hydrogen) atoms. The molecule has 6 heteroatoms. The van der Waals surface area contributed by atoms with Gasteiger partial charge in [0.15, 0.2) is 5.78 Å². The third kappa shape index (κ3) is 3.83. The van der Waals surface area contributed by atoms with E-state index in [1.807, 2.05) is 30.6 Å². The normalized spacial score (nSPS) is 17.3. The van der Waals surface area contributed by atoms with Crippen molar-refractivity contribution >= 4 is 23.1 Å². The van der Waals surface area contributed by atoms with Gasteiger partial charge in [0.25, 0.3) is 0 Å². The highest BCUT2D eigenvalue weighted by atomic mass is 16.2. The molecule has 5 rings (SSSR count). The fourth-order valence-corrected chi connectivity index (χ4v) is 4.24. The Balaban J connectivity index is 1.25. The predicted octanol–water partition coefficient (Wildman–Crippen LogP) is 3.47. The maximum Gasteiger partial charge on any atom is 0.238 e. The predicted molar refractivity (Wildman–Crippen MR) is 118 cm³/mol. The van der Waals surface area contributed by atoms with Crippen LogP contribution in [-0.2, 0) is 4.79 Å². The molecule has 0 radical (unpaired) electrons. The summed E-state index contributed by atoms with van der Waals surface area (Å²) >= 11 is 0. The molecule has 1 saturated carbocycles. The smallest absolute Gasteiger partial charge is 0.238 e. The first-order chi connectivity index (χ1) is 14.7. The van der Waals surface area contributed by atoms with E-state index in [4.69, 9.17) is 0 Å². The molecule has 1 amide bonds. The molecule has 2 N–H and O–H groups in total. The fourth-order valence-electron chi connectivity index (χ4n) is 4.24. The number of nitrogens with zero attached hydrogens (tertiary/aromatic N) is 2. The average molecular weight is 402 g/mol. The highest BCUT2D eigenvalue weighted by molar-refractivity contribution is 6.12. The standard InChI is InChI=1S/C24H26N4O2/c29-22(16-27-10-12-28(13-11-27)19-4-2-1-3-5-19)26-23-20(24(30)17-6-7-17)14-18-8-9-25-15-21(18)23/h1-5,8-9,14-15,17,25H,6-7,10-13,16H2,(H,26,29). The molecule has 0 spiro atoms. The Morgan fingerprint density at radius 3 is 2.53 bits per heavy atom. The number of pyridine rings is 1. The van der Waals surface area contributed by atoms with Gasteiger partial charge in [-0.05, 0) is 42.7 Å². The first-order valence-electron chi connectivity index (χ1n) is 10.6. The molecule has 0 atom stereocenters. The number of hydrogen-bond donors (Lipinski definition) is 2. The number of amides is 1. The Bertz CT molecular complexity index is 1020. The monoisotopic (exact) mass is 402 g/mol. The summed E-state index contributed by atoms with van der Waals surface area (Å²) in [5, 5.41) is 3.05. The van der Waals surface area contributed by atoms with Crippen LogP contribution in [0.15, 0.2) is 54.9 Å². The zero-order valence-corrected chi connectivity index (χ0v) is 16.9. The largest absolute Gasteiger partial charge is 0.369 e. The molecule has 154 valence electrons. The van der Waals surface area contributed by atoms with E-state index in [-0.39, 0.29) is 17.6 Å². The second kappa shape index (κ2) is 7.95. The summed E-state index contributed by atoms with van der Waals surface area (Å²) in [5.74, 6) is 0.204. The molecule has 4 aliphatic rings. The summed E-state index contributed by atoms with van der Waals surface area (Å²) in [6, 6.07) is 14.2. The number of carbonyl (C=O) groups excluding carboxylic acids is 2. The lowest BCUT2D eigenvalue weighted by Crippen LogP contribution is -2.48. The first kappa shape index (κ1) is 18.9. The van der Waals surface area contributed by atoms with Gasteiger partial charge >= 0.3 is 0 Å². The van der Waals surface area contributed by atoms with Gasteiger partial charge in [0, 0.05) is 61.3 Å². The van der Waals surface area contributed by atoms with Crippen LogP contribution in [0.2, 0.25) is 0 Å². The summed E-state index contributed by atoms with van der Waals surface area (Å²) in [7, 11) is 0. The number of aromatic nitrogens is 1. The van der Waals surface area contributed by atoms with E-state index in [0.717, 1.165) is 50.1 Å². The number of rotatable bonds is 6. The van der Waals surface area contributed by atoms with E-state index in [1.165, 1.54) is 5.69 Å². The summed E-state index contributed by atoms with van der Waals surface area (Å²) < 4.78 is 0. The second-order valence-electron chi connectivity index (χ2n) is 8.23. The zero-order chi connectivity index (χ0) is 20.5. The highest BCUT2D eigenvalue weighted by Crippen LogP contribution is 2.41. The van der Waals surface area contributed by atoms with Crippen LogP contribution in [-0.4, -0.2) is 54.3 Å². The number of fused-ring (bicyclic) bond motifs is 1. The molecule has 2 fully saturated rings. The summed E-state index contributed by atoms with van der Waals surface area (Å²) in [4.78, 5) is 33.2. The van der Waals surface area contributed by atoms with Gasteiger partial charge < -0.3 is 15.2 Å². The van der Waals surface area contributed by atoms with Gasteiger partial charge in [-0.25, -0.2) is 0 Å². The summed E-state index contributed by atoms with van der Waals surface area (Å²) in [5.41, 5.74) is 4.40. The minimum atomic E-state index is -0.0654. The molecule has 6 nitrogen and oxygen atoms in total. The van der Waals surface area contributed by atoms with E-state index < -0.39 is 0 Å². The van der Waals surface area contributed by atoms with Crippen LogP contribution in [0.4, 0.5) is 11.4 Å². The van der Waals surface area contributed by atoms with Crippen molar-refractivity contribution in [2.75, 3.05) is 42.9 Å². The number of piperazine rings is 1. The van der Waals surface area contributed by atoms with E-state index >= 15 is 0 Å². The van der Waals surface area contributed by atoms with Gasteiger partial charge in [0.1, 0.15) is 0 Å². The van der Waals surface area contributed by atoms with E-state index in [1.54, 1.807) is 0 Å². The Kier molecular flexibility index (Phi) is 5.01. The van der Waals surface area contributed by atoms with Crippen LogP contribution in [0.5, 0.6) is 0 Å². The SMILES string of the molecule is O=C(CN1CCN(c2ccccc2)CC1)Nc1c(C(=O)C2CC2)cc2cc[nH]cc1-2. The number of nitrogens with one attached hydrogen (secondary N) is 2.